The van der Waals surface area contributed by atoms with E-state index >= 15 is 0 Å². The normalized spacial score (nSPS) is 10.3. The highest BCUT2D eigenvalue weighted by atomic mass is 19.1. The van der Waals surface area contributed by atoms with Crippen LogP contribution in [0.2, 0.25) is 0 Å². The van der Waals surface area contributed by atoms with Crippen molar-refractivity contribution in [3.05, 3.63) is 41.0 Å². The van der Waals surface area contributed by atoms with Gasteiger partial charge in [-0.1, -0.05) is 6.07 Å². The minimum absolute atomic E-state index is 0.0649. The molecule has 0 fully saturated rings. The minimum Gasteiger partial charge on any atom is -0.454 e. The highest BCUT2D eigenvalue weighted by Gasteiger charge is 2.11. The van der Waals surface area contributed by atoms with Gasteiger partial charge in [-0.05, 0) is 24.6 Å². The second-order valence-corrected chi connectivity index (χ2v) is 4.01. The highest BCUT2D eigenvalue weighted by molar-refractivity contribution is 5.89. The van der Waals surface area contributed by atoms with Crippen LogP contribution in [-0.4, -0.2) is 20.9 Å². The number of nitrogen functional groups attached to an aromatic ring is 2. The molecule has 1 aromatic carbocycles. The van der Waals surface area contributed by atoms with Crippen molar-refractivity contribution in [2.45, 2.75) is 13.5 Å². The summed E-state index contributed by atoms with van der Waals surface area (Å²) >= 11 is 0. The van der Waals surface area contributed by atoms with E-state index in [1.807, 2.05) is 0 Å². The first-order valence-electron chi connectivity index (χ1n) is 5.65. The van der Waals surface area contributed by atoms with Gasteiger partial charge < -0.3 is 16.2 Å². The quantitative estimate of drug-likeness (QED) is 0.798. The maximum atomic E-state index is 13.3. The lowest BCUT2D eigenvalue weighted by atomic mass is 10.1. The Morgan fingerprint density at radius 3 is 2.50 bits per heavy atom. The second-order valence-electron chi connectivity index (χ2n) is 4.01. The largest absolute Gasteiger partial charge is 0.454 e. The monoisotopic (exact) mass is 277 g/mol. The fourth-order valence-corrected chi connectivity index (χ4v) is 1.45. The molecule has 0 saturated heterocycles. The Bertz CT molecular complexity index is 642. The molecule has 0 aliphatic heterocycles. The fraction of sp³-hybridized carbons (Fsp3) is 0.167. The van der Waals surface area contributed by atoms with Gasteiger partial charge in [0.2, 0.25) is 11.9 Å². The Morgan fingerprint density at radius 2 is 1.90 bits per heavy atom. The average molecular weight is 277 g/mol. The molecule has 0 unspecified atom stereocenters. The number of aryl methyl sites for hydroxylation is 1. The number of nitrogens with zero attached hydrogens (tertiary/aromatic N) is 3. The van der Waals surface area contributed by atoms with Crippen molar-refractivity contribution < 1.29 is 13.9 Å². The highest BCUT2D eigenvalue weighted by Crippen LogP contribution is 2.11. The van der Waals surface area contributed by atoms with Gasteiger partial charge in [-0.3, -0.25) is 0 Å². The minimum atomic E-state index is -0.693. The number of rotatable bonds is 3. The summed E-state index contributed by atoms with van der Waals surface area (Å²) in [5.74, 6) is -1.18. The summed E-state index contributed by atoms with van der Waals surface area (Å²) in [7, 11) is 0. The fourth-order valence-electron chi connectivity index (χ4n) is 1.45. The molecule has 1 heterocycles. The lowest BCUT2D eigenvalue weighted by molar-refractivity contribution is 0.0461. The molecule has 0 aliphatic rings. The summed E-state index contributed by atoms with van der Waals surface area (Å²) in [5, 5.41) is 0. The van der Waals surface area contributed by atoms with Crippen molar-refractivity contribution in [3.63, 3.8) is 0 Å². The van der Waals surface area contributed by atoms with Gasteiger partial charge in [0, 0.05) is 0 Å². The van der Waals surface area contributed by atoms with Crippen LogP contribution in [0.25, 0.3) is 0 Å². The van der Waals surface area contributed by atoms with E-state index in [2.05, 4.69) is 15.0 Å². The summed E-state index contributed by atoms with van der Waals surface area (Å²) in [6.07, 6.45) is 0. The van der Waals surface area contributed by atoms with Gasteiger partial charge in [-0.2, -0.15) is 15.0 Å². The number of anilines is 2. The molecule has 0 spiro atoms. The zero-order chi connectivity index (χ0) is 14.7. The van der Waals surface area contributed by atoms with Crippen molar-refractivity contribution in [3.8, 4) is 0 Å². The van der Waals surface area contributed by atoms with E-state index in [0.29, 0.717) is 5.56 Å². The lowest BCUT2D eigenvalue weighted by Gasteiger charge is -2.05. The van der Waals surface area contributed by atoms with Gasteiger partial charge in [-0.15, -0.1) is 0 Å². The predicted octanol–water partition coefficient (Wildman–Crippen LogP) is 0.841. The summed E-state index contributed by atoms with van der Waals surface area (Å²) < 4.78 is 18.3. The molecule has 0 bridgehead atoms. The van der Waals surface area contributed by atoms with E-state index in [-0.39, 0.29) is 29.9 Å². The van der Waals surface area contributed by atoms with Gasteiger partial charge in [0.25, 0.3) is 0 Å². The van der Waals surface area contributed by atoms with Crippen molar-refractivity contribution in [1.29, 1.82) is 0 Å². The molecule has 8 heteroatoms. The molecular weight excluding hydrogens is 265 g/mol. The molecule has 0 saturated carbocycles. The smallest absolute Gasteiger partial charge is 0.338 e. The van der Waals surface area contributed by atoms with Crippen LogP contribution < -0.4 is 11.5 Å². The first-order valence-corrected chi connectivity index (χ1v) is 5.65. The van der Waals surface area contributed by atoms with Crippen molar-refractivity contribution in [2.24, 2.45) is 0 Å². The lowest BCUT2D eigenvalue weighted by Crippen LogP contribution is -2.11. The Hall–Kier alpha value is -2.77. The number of carbonyl (C=O) groups is 1. The number of hydrogen-bond donors (Lipinski definition) is 2. The van der Waals surface area contributed by atoms with Crippen molar-refractivity contribution in [1.82, 2.24) is 15.0 Å². The molecule has 2 rings (SSSR count). The van der Waals surface area contributed by atoms with Crippen LogP contribution in [0, 0.1) is 12.7 Å². The molecule has 0 atom stereocenters. The maximum Gasteiger partial charge on any atom is 0.338 e. The van der Waals surface area contributed by atoms with Gasteiger partial charge in [0.05, 0.1) is 5.56 Å². The Morgan fingerprint density at radius 1 is 1.25 bits per heavy atom. The van der Waals surface area contributed by atoms with E-state index < -0.39 is 11.8 Å². The van der Waals surface area contributed by atoms with Crippen LogP contribution in [0.4, 0.5) is 16.3 Å². The van der Waals surface area contributed by atoms with Crippen molar-refractivity contribution >= 4 is 17.9 Å². The number of aromatic nitrogens is 3. The van der Waals surface area contributed by atoms with Gasteiger partial charge >= 0.3 is 5.97 Å². The number of halogens is 1. The summed E-state index contributed by atoms with van der Waals surface area (Å²) in [6.45, 7) is 1.37. The van der Waals surface area contributed by atoms with Gasteiger partial charge in [0.1, 0.15) is 5.82 Å². The van der Waals surface area contributed by atoms with Crippen LogP contribution in [0.15, 0.2) is 18.2 Å². The van der Waals surface area contributed by atoms with E-state index in [4.69, 9.17) is 16.2 Å². The van der Waals surface area contributed by atoms with Crippen LogP contribution in [0.5, 0.6) is 0 Å². The number of nitrogens with two attached hydrogens (primary N) is 2. The van der Waals surface area contributed by atoms with E-state index in [1.54, 1.807) is 6.92 Å². The molecule has 4 N–H and O–H groups in total. The first kappa shape index (κ1) is 13.7. The zero-order valence-electron chi connectivity index (χ0n) is 10.6. The van der Waals surface area contributed by atoms with E-state index in [9.17, 15) is 9.18 Å². The standard InChI is InChI=1S/C12H12FN5O2/c1-6-2-3-7(4-8(6)13)10(19)20-5-9-16-11(14)18-12(15)17-9/h2-4H,5H2,1H3,(H4,14,15,16,17,18). The van der Waals surface area contributed by atoms with Gasteiger partial charge in [0.15, 0.2) is 12.4 Å². The number of ether oxygens (including phenoxy) is 1. The molecule has 0 aliphatic carbocycles. The third kappa shape index (κ3) is 3.16. The SMILES string of the molecule is Cc1ccc(C(=O)OCc2nc(N)nc(N)n2)cc1F. The maximum absolute atomic E-state index is 13.3. The first-order chi connectivity index (χ1) is 9.45. The van der Waals surface area contributed by atoms with Crippen LogP contribution >= 0.6 is 0 Å². The second kappa shape index (κ2) is 5.47. The molecule has 0 amide bonds. The third-order valence-electron chi connectivity index (χ3n) is 2.46. The average Bonchev–Trinajstić information content (AvgIpc) is 2.38. The zero-order valence-corrected chi connectivity index (χ0v) is 10.6. The van der Waals surface area contributed by atoms with E-state index in [0.717, 1.165) is 6.07 Å². The Labute approximate surface area is 113 Å². The molecular formula is C12H12FN5O2. The van der Waals surface area contributed by atoms with Crippen LogP contribution in [0.1, 0.15) is 21.7 Å². The molecule has 20 heavy (non-hydrogen) atoms. The van der Waals surface area contributed by atoms with Crippen LogP contribution in [0.3, 0.4) is 0 Å². The molecule has 2 aromatic rings. The van der Waals surface area contributed by atoms with E-state index in [1.165, 1.54) is 12.1 Å². The summed E-state index contributed by atoms with van der Waals surface area (Å²) in [6, 6.07) is 4.06. The van der Waals surface area contributed by atoms with Crippen LogP contribution in [-0.2, 0) is 11.3 Å². The van der Waals surface area contributed by atoms with Gasteiger partial charge in [-0.25, -0.2) is 9.18 Å². The number of carbonyl (C=O) groups excluding carboxylic acids is 1. The topological polar surface area (TPSA) is 117 Å². The molecule has 1 aromatic heterocycles. The third-order valence-corrected chi connectivity index (χ3v) is 2.46. The Kier molecular flexibility index (Phi) is 3.74. The summed E-state index contributed by atoms with van der Waals surface area (Å²) in [4.78, 5) is 22.8. The van der Waals surface area contributed by atoms with Crippen molar-refractivity contribution in [2.75, 3.05) is 11.5 Å². The molecule has 104 valence electrons. The molecule has 7 nitrogen and oxygen atoms in total. The molecule has 0 radical (unpaired) electrons. The number of esters is 1. The number of benzene rings is 1. The predicted molar refractivity (Wildman–Crippen MR) is 68.9 cm³/mol. The number of hydrogen-bond acceptors (Lipinski definition) is 7. The Balaban J connectivity index is 2.06. The summed E-state index contributed by atoms with van der Waals surface area (Å²) in [5.41, 5.74) is 11.3.